The van der Waals surface area contributed by atoms with E-state index in [1.54, 1.807) is 54.6 Å². The molecule has 0 bridgehead atoms. The van der Waals surface area contributed by atoms with Crippen molar-refractivity contribution in [3.05, 3.63) is 89.4 Å². The highest BCUT2D eigenvalue weighted by atomic mass is 35.5. The van der Waals surface area contributed by atoms with Crippen molar-refractivity contribution in [2.45, 2.75) is 22.8 Å². The fourth-order valence-electron chi connectivity index (χ4n) is 4.26. The van der Waals surface area contributed by atoms with Crippen molar-refractivity contribution in [1.82, 2.24) is 4.31 Å². The van der Waals surface area contributed by atoms with Gasteiger partial charge in [0.1, 0.15) is 12.1 Å². The largest absolute Gasteiger partial charge is 0.480 e. The van der Waals surface area contributed by atoms with Gasteiger partial charge in [-0.15, -0.1) is 0 Å². The van der Waals surface area contributed by atoms with Gasteiger partial charge < -0.3 is 9.84 Å². The summed E-state index contributed by atoms with van der Waals surface area (Å²) < 4.78 is 33.1. The Morgan fingerprint density at radius 2 is 1.56 bits per heavy atom. The molecule has 0 aliphatic heterocycles. The molecule has 34 heavy (non-hydrogen) atoms. The molecule has 7 nitrogen and oxygen atoms in total. The second kappa shape index (κ2) is 9.21. The number of ether oxygens (including phenoxy) is 1. The summed E-state index contributed by atoms with van der Waals surface area (Å²) >= 11 is 5.93. The van der Waals surface area contributed by atoms with E-state index in [9.17, 15) is 23.1 Å². The molecular weight excluding hydrogens is 478 g/mol. The molecule has 1 N–H and O–H groups in total. The molecule has 1 aliphatic rings. The molecule has 2 atom stereocenters. The Bertz CT molecular complexity index is 1310. The zero-order valence-corrected chi connectivity index (χ0v) is 19.8. The van der Waals surface area contributed by atoms with Gasteiger partial charge in [-0.05, 0) is 47.4 Å². The number of carboxylic acids is 1. The van der Waals surface area contributed by atoms with E-state index >= 15 is 0 Å². The molecule has 4 rings (SSSR count). The molecule has 0 amide bonds. The Morgan fingerprint density at radius 1 is 1.00 bits per heavy atom. The number of methoxy groups -OCH3 is 1. The third-order valence-electron chi connectivity index (χ3n) is 6.02. The number of carbonyl (C=O) groups excluding carboxylic acids is 1. The Balaban J connectivity index is 1.74. The number of halogens is 1. The first-order valence-corrected chi connectivity index (χ1v) is 12.3. The van der Waals surface area contributed by atoms with E-state index in [1.807, 2.05) is 12.1 Å². The van der Waals surface area contributed by atoms with Gasteiger partial charge in [-0.25, -0.2) is 13.2 Å². The average Bonchev–Trinajstić information content (AvgIpc) is 3.59. The molecule has 0 unspecified atom stereocenters. The lowest BCUT2D eigenvalue weighted by molar-refractivity contribution is -0.148. The number of hydrogen-bond donors (Lipinski definition) is 1. The Hall–Kier alpha value is -3.20. The van der Waals surface area contributed by atoms with Crippen LogP contribution in [0, 0.1) is 0 Å². The molecule has 0 aromatic heterocycles. The zero-order valence-electron chi connectivity index (χ0n) is 18.2. The fraction of sp³-hybridized carbons (Fsp3) is 0.200. The lowest BCUT2D eigenvalue weighted by Crippen LogP contribution is -2.51. The third-order valence-corrected chi connectivity index (χ3v) is 8.17. The highest BCUT2D eigenvalue weighted by Gasteiger charge is 2.68. The Morgan fingerprint density at radius 3 is 2.09 bits per heavy atom. The van der Waals surface area contributed by atoms with Gasteiger partial charge in [0.05, 0.1) is 12.0 Å². The molecule has 1 saturated carbocycles. The Kier molecular flexibility index (Phi) is 6.49. The first kappa shape index (κ1) is 23.9. The van der Waals surface area contributed by atoms with Crippen molar-refractivity contribution < 1.29 is 27.9 Å². The molecule has 0 heterocycles. The van der Waals surface area contributed by atoms with E-state index in [0.717, 1.165) is 28.1 Å². The van der Waals surface area contributed by atoms with Crippen LogP contribution < -0.4 is 0 Å². The van der Waals surface area contributed by atoms with E-state index in [4.69, 9.17) is 16.3 Å². The minimum Gasteiger partial charge on any atom is -0.480 e. The minimum atomic E-state index is -4.36. The normalized spacial score (nSPS) is 19.6. The van der Waals surface area contributed by atoms with Crippen molar-refractivity contribution >= 4 is 33.6 Å². The molecule has 3 aromatic carbocycles. The SMILES string of the molecule is COC(=O)[C@@]1(N(CC(=O)O)S(=O)(=O)c2ccc(-c3ccc(Cl)cc3)cc2)C[C@H]1c1ccccc1. The van der Waals surface area contributed by atoms with Gasteiger partial charge in [0.2, 0.25) is 10.0 Å². The monoisotopic (exact) mass is 499 g/mol. The van der Waals surface area contributed by atoms with Crippen molar-refractivity contribution in [1.29, 1.82) is 0 Å². The summed E-state index contributed by atoms with van der Waals surface area (Å²) in [5, 5.41) is 10.1. The van der Waals surface area contributed by atoms with Gasteiger partial charge in [0, 0.05) is 10.9 Å². The maximum Gasteiger partial charge on any atom is 0.328 e. The molecule has 9 heteroatoms. The minimum absolute atomic E-state index is 0.117. The standard InChI is InChI=1S/C25H22ClNO6S/c1-33-24(30)25(15-22(25)19-5-3-2-4-6-19)27(16-23(28)29)34(31,32)21-13-9-18(10-14-21)17-7-11-20(26)12-8-17/h2-14,22H,15-16H2,1H3,(H,28,29)/t22-,25+/m0/s1. The van der Waals surface area contributed by atoms with E-state index in [0.29, 0.717) is 5.02 Å². The summed E-state index contributed by atoms with van der Waals surface area (Å²) in [6.07, 6.45) is 0.124. The maximum atomic E-state index is 13.7. The molecule has 1 aliphatic carbocycles. The number of rotatable bonds is 8. The molecular formula is C25H22ClNO6S. The number of hydrogen-bond acceptors (Lipinski definition) is 5. The molecule has 0 radical (unpaired) electrons. The predicted molar refractivity (Wildman–Crippen MR) is 127 cm³/mol. The number of esters is 1. The van der Waals surface area contributed by atoms with E-state index < -0.39 is 40.0 Å². The highest BCUT2D eigenvalue weighted by molar-refractivity contribution is 7.89. The van der Waals surface area contributed by atoms with Crippen molar-refractivity contribution in [3.63, 3.8) is 0 Å². The van der Waals surface area contributed by atoms with Crippen LogP contribution in [-0.2, 0) is 24.3 Å². The second-order valence-electron chi connectivity index (χ2n) is 8.02. The van der Waals surface area contributed by atoms with Gasteiger partial charge in [-0.3, -0.25) is 4.79 Å². The first-order chi connectivity index (χ1) is 16.2. The van der Waals surface area contributed by atoms with Crippen LogP contribution in [-0.4, -0.2) is 49.0 Å². The lowest BCUT2D eigenvalue weighted by atomic mass is 10.1. The quantitative estimate of drug-likeness (QED) is 0.466. The molecule has 0 saturated heterocycles. The summed E-state index contributed by atoms with van der Waals surface area (Å²) in [5.41, 5.74) is 0.698. The van der Waals surface area contributed by atoms with Crippen LogP contribution >= 0.6 is 11.6 Å². The van der Waals surface area contributed by atoms with Crippen LogP contribution in [0.4, 0.5) is 0 Å². The van der Waals surface area contributed by atoms with Gasteiger partial charge in [0.15, 0.2) is 0 Å². The summed E-state index contributed by atoms with van der Waals surface area (Å²) in [5.74, 6) is -2.68. The fourth-order valence-corrected chi connectivity index (χ4v) is 6.11. The molecule has 3 aromatic rings. The van der Waals surface area contributed by atoms with Crippen LogP contribution in [0.5, 0.6) is 0 Å². The summed E-state index contributed by atoms with van der Waals surface area (Å²) in [7, 11) is -3.20. The van der Waals surface area contributed by atoms with Gasteiger partial charge in [0.25, 0.3) is 0 Å². The highest BCUT2D eigenvalue weighted by Crippen LogP contribution is 2.57. The van der Waals surface area contributed by atoms with E-state index in [1.165, 1.54) is 12.1 Å². The predicted octanol–water partition coefficient (Wildman–Crippen LogP) is 4.18. The van der Waals surface area contributed by atoms with Crippen LogP contribution in [0.3, 0.4) is 0 Å². The smallest absolute Gasteiger partial charge is 0.328 e. The van der Waals surface area contributed by atoms with Crippen molar-refractivity contribution in [3.8, 4) is 11.1 Å². The zero-order chi connectivity index (χ0) is 24.5. The van der Waals surface area contributed by atoms with Crippen LogP contribution in [0.1, 0.15) is 17.9 Å². The van der Waals surface area contributed by atoms with Crippen molar-refractivity contribution in [2.75, 3.05) is 13.7 Å². The van der Waals surface area contributed by atoms with Crippen LogP contribution in [0.15, 0.2) is 83.8 Å². The number of nitrogens with zero attached hydrogens (tertiary/aromatic N) is 1. The average molecular weight is 500 g/mol. The summed E-state index contributed by atoms with van der Waals surface area (Å²) in [6.45, 7) is -0.875. The topological polar surface area (TPSA) is 101 Å². The van der Waals surface area contributed by atoms with Crippen LogP contribution in [0.2, 0.25) is 5.02 Å². The van der Waals surface area contributed by atoms with Crippen molar-refractivity contribution in [2.24, 2.45) is 0 Å². The number of aliphatic carboxylic acids is 1. The first-order valence-electron chi connectivity index (χ1n) is 10.4. The van der Waals surface area contributed by atoms with Gasteiger partial charge in [-0.1, -0.05) is 66.2 Å². The summed E-state index contributed by atoms with van der Waals surface area (Å²) in [4.78, 5) is 24.5. The van der Waals surface area contributed by atoms with E-state index in [-0.39, 0.29) is 11.3 Å². The lowest BCUT2D eigenvalue weighted by Gasteiger charge is -2.29. The Labute approximate surface area is 202 Å². The number of benzene rings is 3. The summed E-state index contributed by atoms with van der Waals surface area (Å²) in [6, 6.07) is 22.1. The molecule has 1 fully saturated rings. The van der Waals surface area contributed by atoms with Crippen LogP contribution in [0.25, 0.3) is 11.1 Å². The number of carboxylic acid groups (broad SMARTS) is 1. The second-order valence-corrected chi connectivity index (χ2v) is 10.3. The third kappa shape index (κ3) is 4.32. The molecule has 0 spiro atoms. The number of sulfonamides is 1. The van der Waals surface area contributed by atoms with Gasteiger partial charge in [-0.2, -0.15) is 4.31 Å². The number of carbonyl (C=O) groups is 2. The van der Waals surface area contributed by atoms with Gasteiger partial charge >= 0.3 is 11.9 Å². The van der Waals surface area contributed by atoms with E-state index in [2.05, 4.69) is 0 Å². The maximum absolute atomic E-state index is 13.7. The molecule has 176 valence electrons.